The summed E-state index contributed by atoms with van der Waals surface area (Å²) in [4.78, 5) is 18.9. The predicted octanol–water partition coefficient (Wildman–Crippen LogP) is 1.98. The number of ether oxygens (including phenoxy) is 4. The van der Waals surface area contributed by atoms with Crippen LogP contribution >= 0.6 is 0 Å². The highest BCUT2D eigenvalue weighted by atomic mass is 16.5. The van der Waals surface area contributed by atoms with Crippen molar-refractivity contribution in [3.05, 3.63) is 0 Å². The summed E-state index contributed by atoms with van der Waals surface area (Å²) in [5.41, 5.74) is 0. The third kappa shape index (κ3) is 3.83. The van der Waals surface area contributed by atoms with Crippen molar-refractivity contribution in [1.29, 1.82) is 0 Å². The third-order valence-electron chi connectivity index (χ3n) is 4.48. The van der Waals surface area contributed by atoms with Gasteiger partial charge in [-0.2, -0.15) is 0 Å². The van der Waals surface area contributed by atoms with Crippen molar-refractivity contribution in [2.75, 3.05) is 28.4 Å². The van der Waals surface area contributed by atoms with E-state index in [0.717, 1.165) is 0 Å². The van der Waals surface area contributed by atoms with Crippen LogP contribution in [-0.4, -0.2) is 76.2 Å². The molecule has 8 heteroatoms. The topological polar surface area (TPSA) is 86.4 Å². The first-order valence-corrected chi connectivity index (χ1v) is 8.84. The first-order chi connectivity index (χ1) is 12.4. The second-order valence-corrected chi connectivity index (χ2v) is 6.95. The van der Waals surface area contributed by atoms with Crippen LogP contribution in [0.3, 0.4) is 0 Å². The molecule has 0 aliphatic carbocycles. The Morgan fingerprint density at radius 2 is 0.846 bits per heavy atom. The molecular formula is C18H30N4O4. The third-order valence-corrected chi connectivity index (χ3v) is 4.48. The summed E-state index contributed by atoms with van der Waals surface area (Å²) < 4.78 is 22.0. The molecule has 0 radical (unpaired) electrons. The molecule has 146 valence electrons. The highest BCUT2D eigenvalue weighted by Crippen LogP contribution is 2.25. The Labute approximate surface area is 155 Å². The Hall–Kier alpha value is -2.12. The summed E-state index contributed by atoms with van der Waals surface area (Å²) >= 11 is 0. The van der Waals surface area contributed by atoms with E-state index in [1.165, 1.54) is 0 Å². The van der Waals surface area contributed by atoms with Crippen molar-refractivity contribution < 1.29 is 18.9 Å². The molecule has 0 aromatic rings. The molecule has 0 aromatic carbocycles. The van der Waals surface area contributed by atoms with Crippen molar-refractivity contribution in [2.24, 2.45) is 31.8 Å². The van der Waals surface area contributed by atoms with Crippen LogP contribution in [0.25, 0.3) is 0 Å². The maximum Gasteiger partial charge on any atom is 0.212 e. The van der Waals surface area contributed by atoms with E-state index >= 15 is 0 Å². The van der Waals surface area contributed by atoms with Gasteiger partial charge in [-0.1, -0.05) is 27.7 Å². The van der Waals surface area contributed by atoms with Gasteiger partial charge in [0.1, 0.15) is 12.1 Å². The quantitative estimate of drug-likeness (QED) is 0.764. The average Bonchev–Trinajstić information content (AvgIpc) is 2.65. The maximum absolute atomic E-state index is 5.53. The Bertz CT molecular complexity index is 571. The summed E-state index contributed by atoms with van der Waals surface area (Å²) in [6, 6.07) is -1.40. The van der Waals surface area contributed by atoms with Gasteiger partial charge in [0.2, 0.25) is 23.6 Å². The van der Waals surface area contributed by atoms with E-state index in [9.17, 15) is 0 Å². The van der Waals surface area contributed by atoms with Gasteiger partial charge in [0, 0.05) is 0 Å². The van der Waals surface area contributed by atoms with Crippen LogP contribution in [0.2, 0.25) is 0 Å². The lowest BCUT2D eigenvalue weighted by Gasteiger charge is -2.32. The first kappa shape index (κ1) is 20.2. The van der Waals surface area contributed by atoms with Crippen molar-refractivity contribution in [3.8, 4) is 0 Å². The van der Waals surface area contributed by atoms with Gasteiger partial charge >= 0.3 is 0 Å². The summed E-state index contributed by atoms with van der Waals surface area (Å²) in [5.74, 6) is 2.54. The van der Waals surface area contributed by atoms with Crippen LogP contribution in [0.4, 0.5) is 0 Å². The van der Waals surface area contributed by atoms with Crippen LogP contribution in [0.15, 0.2) is 20.0 Å². The minimum atomic E-state index is -0.512. The molecule has 2 rings (SSSR count). The summed E-state index contributed by atoms with van der Waals surface area (Å²) in [7, 11) is 6.37. The lowest BCUT2D eigenvalue weighted by atomic mass is 9.98. The van der Waals surface area contributed by atoms with E-state index in [0.29, 0.717) is 23.6 Å². The lowest BCUT2D eigenvalue weighted by molar-refractivity contribution is 0.310. The molecule has 0 saturated heterocycles. The van der Waals surface area contributed by atoms with Crippen molar-refractivity contribution in [2.45, 2.75) is 51.9 Å². The SMILES string of the molecule is COC1=N[C@H](C(C)C)C(OC)=N[C@H]1[C@H]1N=C(OC)[C@@H](C(C)C)N=C1OC. The number of rotatable bonds is 3. The van der Waals surface area contributed by atoms with Crippen LogP contribution in [0.1, 0.15) is 27.7 Å². The molecule has 0 aromatic heterocycles. The Kier molecular flexibility index (Phi) is 6.61. The van der Waals surface area contributed by atoms with Gasteiger partial charge in [0.25, 0.3) is 0 Å². The lowest BCUT2D eigenvalue weighted by Crippen LogP contribution is -2.48. The van der Waals surface area contributed by atoms with E-state index < -0.39 is 12.1 Å². The molecule has 0 saturated carbocycles. The second-order valence-electron chi connectivity index (χ2n) is 6.95. The van der Waals surface area contributed by atoms with Crippen molar-refractivity contribution >= 4 is 23.6 Å². The highest BCUT2D eigenvalue weighted by Gasteiger charge is 2.42. The molecule has 0 spiro atoms. The van der Waals surface area contributed by atoms with Gasteiger partial charge < -0.3 is 18.9 Å². The molecule has 0 amide bonds. The van der Waals surface area contributed by atoms with Crippen LogP contribution < -0.4 is 0 Å². The number of hydrogen-bond acceptors (Lipinski definition) is 8. The van der Waals surface area contributed by atoms with Crippen LogP contribution in [-0.2, 0) is 18.9 Å². The molecule has 26 heavy (non-hydrogen) atoms. The average molecular weight is 366 g/mol. The summed E-state index contributed by atoms with van der Waals surface area (Å²) in [5, 5.41) is 0. The fourth-order valence-corrected chi connectivity index (χ4v) is 3.05. The minimum Gasteiger partial charge on any atom is -0.483 e. The Balaban J connectivity index is 2.47. The highest BCUT2D eigenvalue weighted by molar-refractivity contribution is 6.01. The van der Waals surface area contributed by atoms with Gasteiger partial charge in [-0.25, -0.2) is 20.0 Å². The fourth-order valence-electron chi connectivity index (χ4n) is 3.05. The summed E-state index contributed by atoms with van der Waals surface area (Å²) in [6.45, 7) is 8.25. The number of nitrogens with zero attached hydrogens (tertiary/aromatic N) is 4. The van der Waals surface area contributed by atoms with Gasteiger partial charge in [-0.3, -0.25) is 0 Å². The Morgan fingerprint density at radius 3 is 1.08 bits per heavy atom. The molecule has 2 aliphatic rings. The molecule has 0 N–H and O–H groups in total. The van der Waals surface area contributed by atoms with E-state index in [-0.39, 0.29) is 23.9 Å². The van der Waals surface area contributed by atoms with Crippen molar-refractivity contribution in [3.63, 3.8) is 0 Å². The van der Waals surface area contributed by atoms with Crippen LogP contribution in [0.5, 0.6) is 0 Å². The molecule has 0 fully saturated rings. The van der Waals surface area contributed by atoms with Gasteiger partial charge in [0.15, 0.2) is 12.1 Å². The minimum absolute atomic E-state index is 0.188. The molecule has 8 nitrogen and oxygen atoms in total. The van der Waals surface area contributed by atoms with E-state index in [1.807, 2.05) is 0 Å². The normalized spacial score (nSPS) is 28.8. The summed E-state index contributed by atoms with van der Waals surface area (Å²) in [6.07, 6.45) is 0. The fraction of sp³-hybridized carbons (Fsp3) is 0.778. The molecule has 4 atom stereocenters. The smallest absolute Gasteiger partial charge is 0.212 e. The van der Waals surface area contributed by atoms with Crippen LogP contribution in [0, 0.1) is 11.8 Å². The number of aliphatic imine (C=N–C) groups is 4. The molecular weight excluding hydrogens is 336 g/mol. The monoisotopic (exact) mass is 366 g/mol. The standard InChI is InChI=1S/C18H30N4O4/c1-9(2)11-15(23-5)21-13(17(19-11)25-7)14-18(26-8)20-12(10(3)4)16(22-14)24-6/h9-14H,1-8H3/t11-,12-,13-,14+/m1/s1. The molecule has 0 unspecified atom stereocenters. The number of hydrogen-bond donors (Lipinski definition) is 0. The maximum atomic E-state index is 5.53. The van der Waals surface area contributed by atoms with E-state index in [4.69, 9.17) is 38.9 Å². The van der Waals surface area contributed by atoms with Gasteiger partial charge in [-0.15, -0.1) is 0 Å². The van der Waals surface area contributed by atoms with Gasteiger partial charge in [-0.05, 0) is 11.8 Å². The zero-order valence-electron chi connectivity index (χ0n) is 16.9. The second kappa shape index (κ2) is 8.51. The molecule has 2 aliphatic heterocycles. The Morgan fingerprint density at radius 1 is 0.538 bits per heavy atom. The zero-order valence-corrected chi connectivity index (χ0v) is 16.9. The van der Waals surface area contributed by atoms with Gasteiger partial charge in [0.05, 0.1) is 28.4 Å². The largest absolute Gasteiger partial charge is 0.483 e. The molecule has 0 bridgehead atoms. The van der Waals surface area contributed by atoms with E-state index in [1.54, 1.807) is 28.4 Å². The zero-order chi connectivity index (χ0) is 19.4. The predicted molar refractivity (Wildman–Crippen MR) is 103 cm³/mol. The first-order valence-electron chi connectivity index (χ1n) is 8.84. The van der Waals surface area contributed by atoms with E-state index in [2.05, 4.69) is 27.7 Å². The molecule has 2 heterocycles. The number of methoxy groups -OCH3 is 4. The van der Waals surface area contributed by atoms with Crippen molar-refractivity contribution in [1.82, 2.24) is 0 Å².